The summed E-state index contributed by atoms with van der Waals surface area (Å²) in [6.45, 7) is 0.465. The first kappa shape index (κ1) is 18.3. The standard InChI is InChI=1S/C22H17FN6/c23-17-7-4-8-18-20(17)19(14-5-2-1-3-6-14)15(12-27-18)9-10-26-22-16(11-24)21(25)28-13-29-22/h1-8,12-13H,9-10H2,(H3,25,26,28,29). The molecule has 0 saturated heterocycles. The molecular formula is C22H17FN6. The number of hydrogen-bond donors (Lipinski definition) is 2. The predicted molar refractivity (Wildman–Crippen MR) is 110 cm³/mol. The van der Waals surface area contributed by atoms with Gasteiger partial charge in [0.25, 0.3) is 0 Å². The first-order valence-electron chi connectivity index (χ1n) is 9.05. The molecule has 29 heavy (non-hydrogen) atoms. The first-order chi connectivity index (χ1) is 14.2. The molecule has 7 heteroatoms. The van der Waals surface area contributed by atoms with Crippen molar-refractivity contribution in [3.05, 3.63) is 78.0 Å². The topological polar surface area (TPSA) is 101 Å². The number of halogens is 1. The average Bonchev–Trinajstić information content (AvgIpc) is 2.75. The van der Waals surface area contributed by atoms with E-state index in [0.717, 1.165) is 16.7 Å². The molecular weight excluding hydrogens is 367 g/mol. The van der Waals surface area contributed by atoms with Gasteiger partial charge in [-0.15, -0.1) is 0 Å². The van der Waals surface area contributed by atoms with Crippen LogP contribution in [0.3, 0.4) is 0 Å². The zero-order valence-electron chi connectivity index (χ0n) is 15.4. The summed E-state index contributed by atoms with van der Waals surface area (Å²) in [5.74, 6) is 0.199. The van der Waals surface area contributed by atoms with Crippen LogP contribution in [-0.4, -0.2) is 21.5 Å². The van der Waals surface area contributed by atoms with E-state index in [1.54, 1.807) is 18.3 Å². The van der Waals surface area contributed by atoms with Crippen LogP contribution in [0, 0.1) is 17.1 Å². The highest BCUT2D eigenvalue weighted by atomic mass is 19.1. The lowest BCUT2D eigenvalue weighted by atomic mass is 9.94. The Labute approximate surface area is 166 Å². The molecule has 142 valence electrons. The maximum Gasteiger partial charge on any atom is 0.149 e. The Morgan fingerprint density at radius 1 is 1.03 bits per heavy atom. The molecule has 0 spiro atoms. The van der Waals surface area contributed by atoms with Crippen molar-refractivity contribution >= 4 is 22.5 Å². The molecule has 2 heterocycles. The Morgan fingerprint density at radius 2 is 1.86 bits per heavy atom. The number of anilines is 2. The van der Waals surface area contributed by atoms with Crippen molar-refractivity contribution in [3.63, 3.8) is 0 Å². The van der Waals surface area contributed by atoms with Crippen LogP contribution in [0.2, 0.25) is 0 Å². The summed E-state index contributed by atoms with van der Waals surface area (Å²) in [5.41, 5.74) is 9.17. The summed E-state index contributed by atoms with van der Waals surface area (Å²) < 4.78 is 14.7. The number of aromatic nitrogens is 3. The highest BCUT2D eigenvalue weighted by Crippen LogP contribution is 2.33. The summed E-state index contributed by atoms with van der Waals surface area (Å²) in [4.78, 5) is 12.3. The maximum absolute atomic E-state index is 14.7. The number of pyridine rings is 1. The largest absolute Gasteiger partial charge is 0.382 e. The summed E-state index contributed by atoms with van der Waals surface area (Å²) in [5, 5.41) is 12.9. The third-order valence-electron chi connectivity index (χ3n) is 4.66. The monoisotopic (exact) mass is 384 g/mol. The van der Waals surface area contributed by atoms with Crippen molar-refractivity contribution < 1.29 is 4.39 Å². The fraction of sp³-hybridized carbons (Fsp3) is 0.0909. The second kappa shape index (κ2) is 7.90. The van der Waals surface area contributed by atoms with Crippen molar-refractivity contribution in [3.8, 4) is 17.2 Å². The fourth-order valence-corrected chi connectivity index (χ4v) is 3.32. The number of nitrogens with zero attached hydrogens (tertiary/aromatic N) is 4. The molecule has 0 saturated carbocycles. The van der Waals surface area contributed by atoms with Crippen molar-refractivity contribution in [1.82, 2.24) is 15.0 Å². The summed E-state index contributed by atoms with van der Waals surface area (Å²) in [6.07, 6.45) is 3.63. The number of rotatable bonds is 5. The molecule has 0 aliphatic carbocycles. The Balaban J connectivity index is 1.71. The lowest BCUT2D eigenvalue weighted by Crippen LogP contribution is -2.11. The van der Waals surface area contributed by atoms with E-state index in [4.69, 9.17) is 5.73 Å². The minimum absolute atomic E-state index is 0.129. The van der Waals surface area contributed by atoms with Gasteiger partial charge in [-0.3, -0.25) is 4.98 Å². The normalized spacial score (nSPS) is 10.6. The number of nitrogens with one attached hydrogen (secondary N) is 1. The second-order valence-electron chi connectivity index (χ2n) is 6.43. The number of nitriles is 1. The minimum atomic E-state index is -0.306. The van der Waals surface area contributed by atoms with Crippen LogP contribution in [0.25, 0.3) is 22.0 Å². The van der Waals surface area contributed by atoms with Crippen LogP contribution in [-0.2, 0) is 6.42 Å². The van der Waals surface area contributed by atoms with Gasteiger partial charge in [0.05, 0.1) is 5.52 Å². The molecule has 4 aromatic rings. The van der Waals surface area contributed by atoms with Crippen LogP contribution < -0.4 is 11.1 Å². The SMILES string of the molecule is N#Cc1c(N)ncnc1NCCc1cnc2cccc(F)c2c1-c1ccccc1. The van der Waals surface area contributed by atoms with Crippen LogP contribution >= 0.6 is 0 Å². The van der Waals surface area contributed by atoms with E-state index in [0.29, 0.717) is 29.7 Å². The van der Waals surface area contributed by atoms with E-state index < -0.39 is 0 Å². The van der Waals surface area contributed by atoms with Gasteiger partial charge in [0.1, 0.15) is 35.4 Å². The zero-order valence-corrected chi connectivity index (χ0v) is 15.4. The van der Waals surface area contributed by atoms with Crippen LogP contribution in [0.4, 0.5) is 16.0 Å². The van der Waals surface area contributed by atoms with E-state index in [1.165, 1.54) is 12.4 Å². The van der Waals surface area contributed by atoms with Gasteiger partial charge in [0, 0.05) is 18.1 Å². The highest BCUT2D eigenvalue weighted by Gasteiger charge is 2.15. The molecule has 3 N–H and O–H groups in total. The Hall–Kier alpha value is -4.05. The van der Waals surface area contributed by atoms with Crippen molar-refractivity contribution in [2.75, 3.05) is 17.6 Å². The lowest BCUT2D eigenvalue weighted by Gasteiger charge is -2.14. The number of benzene rings is 2. The fourth-order valence-electron chi connectivity index (χ4n) is 3.32. The van der Waals surface area contributed by atoms with Gasteiger partial charge in [-0.05, 0) is 35.2 Å². The Morgan fingerprint density at radius 3 is 2.66 bits per heavy atom. The summed E-state index contributed by atoms with van der Waals surface area (Å²) in [6, 6.07) is 16.6. The summed E-state index contributed by atoms with van der Waals surface area (Å²) in [7, 11) is 0. The molecule has 2 aromatic heterocycles. The predicted octanol–water partition coefficient (Wildman–Crippen LogP) is 3.94. The molecule has 0 bridgehead atoms. The number of nitrogens with two attached hydrogens (primary N) is 1. The van der Waals surface area contributed by atoms with Gasteiger partial charge in [0.15, 0.2) is 0 Å². The van der Waals surface area contributed by atoms with Crippen molar-refractivity contribution in [2.24, 2.45) is 0 Å². The highest BCUT2D eigenvalue weighted by molar-refractivity contribution is 5.96. The molecule has 0 unspecified atom stereocenters. The number of nitrogen functional groups attached to an aromatic ring is 1. The third-order valence-corrected chi connectivity index (χ3v) is 4.66. The molecule has 6 nitrogen and oxygen atoms in total. The molecule has 0 fully saturated rings. The molecule has 0 amide bonds. The van der Waals surface area contributed by atoms with Gasteiger partial charge in [-0.1, -0.05) is 36.4 Å². The maximum atomic E-state index is 14.7. The van der Waals surface area contributed by atoms with Crippen LogP contribution in [0.5, 0.6) is 0 Å². The van der Waals surface area contributed by atoms with Gasteiger partial charge in [0.2, 0.25) is 0 Å². The number of fused-ring (bicyclic) bond motifs is 1. The summed E-state index contributed by atoms with van der Waals surface area (Å²) >= 11 is 0. The van der Waals surface area contributed by atoms with E-state index in [2.05, 4.69) is 20.3 Å². The van der Waals surface area contributed by atoms with Crippen molar-refractivity contribution in [1.29, 1.82) is 5.26 Å². The second-order valence-corrected chi connectivity index (χ2v) is 6.43. The molecule has 4 rings (SSSR count). The Bertz CT molecular complexity index is 1220. The average molecular weight is 384 g/mol. The molecule has 0 aliphatic heterocycles. The van der Waals surface area contributed by atoms with E-state index >= 15 is 0 Å². The lowest BCUT2D eigenvalue weighted by molar-refractivity contribution is 0.639. The molecule has 0 radical (unpaired) electrons. The van der Waals surface area contributed by atoms with Crippen LogP contribution in [0.15, 0.2) is 61.1 Å². The van der Waals surface area contributed by atoms with Gasteiger partial charge < -0.3 is 11.1 Å². The minimum Gasteiger partial charge on any atom is -0.382 e. The van der Waals surface area contributed by atoms with Gasteiger partial charge in [-0.2, -0.15) is 5.26 Å². The van der Waals surface area contributed by atoms with Crippen LogP contribution in [0.1, 0.15) is 11.1 Å². The quantitative estimate of drug-likeness (QED) is 0.541. The zero-order chi connectivity index (χ0) is 20.2. The van der Waals surface area contributed by atoms with Gasteiger partial charge in [-0.25, -0.2) is 14.4 Å². The van der Waals surface area contributed by atoms with Gasteiger partial charge >= 0.3 is 0 Å². The smallest absolute Gasteiger partial charge is 0.149 e. The molecule has 0 atom stereocenters. The number of hydrogen-bond acceptors (Lipinski definition) is 6. The van der Waals surface area contributed by atoms with E-state index in [1.807, 2.05) is 36.4 Å². The van der Waals surface area contributed by atoms with E-state index in [9.17, 15) is 9.65 Å². The first-order valence-corrected chi connectivity index (χ1v) is 9.05. The van der Waals surface area contributed by atoms with Crippen molar-refractivity contribution in [2.45, 2.75) is 6.42 Å². The molecule has 2 aromatic carbocycles. The van der Waals surface area contributed by atoms with E-state index in [-0.39, 0.29) is 17.2 Å². The third kappa shape index (κ3) is 3.56. The Kier molecular flexibility index (Phi) is 4.99. The molecule has 0 aliphatic rings.